The number of anilines is 2. The minimum absolute atomic E-state index is 0.0791. The molecule has 10 rings (SSSR count). The maximum absolute atomic E-state index is 13.9. The van der Waals surface area contributed by atoms with Crippen LogP contribution in [0.4, 0.5) is 24.5 Å². The molecule has 0 aliphatic rings. The number of hydrogen-bond acceptors (Lipinski definition) is 14. The van der Waals surface area contributed by atoms with Gasteiger partial charge in [0.2, 0.25) is 5.89 Å². The summed E-state index contributed by atoms with van der Waals surface area (Å²) in [6, 6.07) is 19.7. The van der Waals surface area contributed by atoms with Crippen LogP contribution in [0.1, 0.15) is 67.8 Å². The first-order chi connectivity index (χ1) is 33.1. The largest absolute Gasteiger partial charge is 0.437 e. The number of amides is 2. The summed E-state index contributed by atoms with van der Waals surface area (Å²) in [6.07, 6.45) is 0.634. The summed E-state index contributed by atoms with van der Waals surface area (Å²) in [5, 5.41) is 30.0. The van der Waals surface area contributed by atoms with E-state index in [1.165, 1.54) is 35.3 Å². The van der Waals surface area contributed by atoms with E-state index in [4.69, 9.17) is 9.51 Å². The Kier molecular flexibility index (Phi) is 12.4. The number of nitrogens with zero attached hydrogens (tertiary/aromatic N) is 14. The number of alkyl halides is 3. The van der Waals surface area contributed by atoms with E-state index in [1.54, 1.807) is 48.3 Å². The fraction of sp³-hybridized carbons (Fsp3) is 0.217. The Bertz CT molecular complexity index is 3510. The lowest BCUT2D eigenvalue weighted by Gasteiger charge is -2.12. The van der Waals surface area contributed by atoms with Crippen LogP contribution in [0.3, 0.4) is 0 Å². The van der Waals surface area contributed by atoms with Crippen molar-refractivity contribution in [1.29, 1.82) is 0 Å². The SMILES string of the molecule is CCc1nc(Cn2nc(C(F)(F)F)c(NC(=O)c3cc(-c4ncnn4C)nc4ccccc34)c2C)no1.Cc1nn(Cc2ccn(C)n2)c(C)c1NC(=O)c1cc(-c2nccs2)nc2ccccc12. The van der Waals surface area contributed by atoms with Crippen molar-refractivity contribution < 1.29 is 27.3 Å². The molecular formula is C46H41F3N16O3S. The van der Waals surface area contributed by atoms with Crippen LogP contribution in [-0.2, 0) is 39.8 Å². The molecule has 0 radical (unpaired) electrons. The van der Waals surface area contributed by atoms with Crippen LogP contribution in [-0.4, -0.2) is 81.0 Å². The second-order valence-corrected chi connectivity index (χ2v) is 16.6. The van der Waals surface area contributed by atoms with Gasteiger partial charge >= 0.3 is 6.18 Å². The highest BCUT2D eigenvalue weighted by Gasteiger charge is 2.40. The lowest BCUT2D eigenvalue weighted by Crippen LogP contribution is -2.17. The van der Waals surface area contributed by atoms with Crippen LogP contribution >= 0.6 is 11.3 Å². The number of carbonyl (C=O) groups is 2. The summed E-state index contributed by atoms with van der Waals surface area (Å²) in [5.74, 6) is -0.0468. The number of nitrogens with one attached hydrogen (secondary N) is 2. The highest BCUT2D eigenvalue weighted by Crippen LogP contribution is 2.37. The molecule has 350 valence electrons. The van der Waals surface area contributed by atoms with Crippen molar-refractivity contribution >= 4 is 56.3 Å². The minimum atomic E-state index is -4.82. The number of carbonyl (C=O) groups excluding carboxylic acids is 2. The van der Waals surface area contributed by atoms with Crippen molar-refractivity contribution in [1.82, 2.24) is 69.2 Å². The third kappa shape index (κ3) is 9.43. The molecule has 2 amide bonds. The van der Waals surface area contributed by atoms with Crippen molar-refractivity contribution in [2.24, 2.45) is 14.1 Å². The molecule has 23 heteroatoms. The molecule has 0 aliphatic carbocycles. The molecule has 10 aromatic rings. The molecule has 0 saturated carbocycles. The van der Waals surface area contributed by atoms with E-state index in [2.05, 4.69) is 56.1 Å². The molecule has 0 fully saturated rings. The van der Waals surface area contributed by atoms with Crippen molar-refractivity contribution in [3.63, 3.8) is 0 Å². The van der Waals surface area contributed by atoms with Gasteiger partial charge in [0, 0.05) is 49.1 Å². The van der Waals surface area contributed by atoms with Crippen LogP contribution in [0.25, 0.3) is 44.0 Å². The van der Waals surface area contributed by atoms with Crippen LogP contribution in [0.2, 0.25) is 0 Å². The predicted octanol–water partition coefficient (Wildman–Crippen LogP) is 8.01. The number of halogens is 3. The minimum Gasteiger partial charge on any atom is -0.339 e. The molecule has 0 bridgehead atoms. The Labute approximate surface area is 394 Å². The van der Waals surface area contributed by atoms with E-state index in [-0.39, 0.29) is 29.5 Å². The molecule has 0 aliphatic heterocycles. The number of aryl methyl sites for hydroxylation is 4. The fourth-order valence-electron chi connectivity index (χ4n) is 7.60. The fourth-order valence-corrected chi connectivity index (χ4v) is 8.20. The number of benzene rings is 2. The molecule has 69 heavy (non-hydrogen) atoms. The normalized spacial score (nSPS) is 11.6. The Morgan fingerprint density at radius 3 is 2.00 bits per heavy atom. The van der Waals surface area contributed by atoms with E-state index in [9.17, 15) is 22.8 Å². The van der Waals surface area contributed by atoms with Crippen LogP contribution in [0.15, 0.2) is 95.4 Å². The van der Waals surface area contributed by atoms with Crippen molar-refractivity contribution in [3.8, 4) is 22.2 Å². The number of hydrogen-bond donors (Lipinski definition) is 2. The molecule has 8 heterocycles. The monoisotopic (exact) mass is 954 g/mol. The lowest BCUT2D eigenvalue weighted by molar-refractivity contribution is -0.140. The maximum atomic E-state index is 13.9. The maximum Gasteiger partial charge on any atom is 0.437 e. The van der Waals surface area contributed by atoms with Crippen molar-refractivity contribution in [2.75, 3.05) is 10.6 Å². The summed E-state index contributed by atoms with van der Waals surface area (Å²) in [4.78, 5) is 48.7. The molecule has 2 N–H and O–H groups in total. The molecule has 0 spiro atoms. The molecule has 2 aromatic carbocycles. The zero-order valence-electron chi connectivity index (χ0n) is 37.8. The first-order valence-corrected chi connectivity index (χ1v) is 22.2. The average Bonchev–Trinajstić information content (AvgIpc) is 4.22. The van der Waals surface area contributed by atoms with E-state index in [0.717, 1.165) is 37.7 Å². The highest BCUT2D eigenvalue weighted by atomic mass is 32.1. The quantitative estimate of drug-likeness (QED) is 0.126. The molecule has 19 nitrogen and oxygen atoms in total. The summed E-state index contributed by atoms with van der Waals surface area (Å²) in [6.45, 7) is 7.45. The zero-order chi connectivity index (χ0) is 48.6. The first kappa shape index (κ1) is 45.7. The van der Waals surface area contributed by atoms with Gasteiger partial charge in [-0.25, -0.2) is 24.6 Å². The summed E-state index contributed by atoms with van der Waals surface area (Å²) in [7, 11) is 3.55. The first-order valence-electron chi connectivity index (χ1n) is 21.3. The van der Waals surface area contributed by atoms with Gasteiger partial charge in [0.25, 0.3) is 11.8 Å². The smallest absolute Gasteiger partial charge is 0.339 e. The lowest BCUT2D eigenvalue weighted by atomic mass is 10.1. The van der Waals surface area contributed by atoms with Gasteiger partial charge in [0.05, 0.1) is 62.9 Å². The standard InChI is InChI=1S/C23H20F3N9O2.C23H21N7OS/c1-4-18-30-17(33-37-18)10-35-12(2)19(20(32-35)23(24,25)26)31-22(36)14-9-16(21-27-11-28-34(21)3)29-15-8-6-5-7-13(14)15;1-14-21(15(2)30(27-14)13-16-8-10-29(3)28-16)26-22(31)18-12-20(23-24-9-11-32-23)25-19-7-5-4-6-17(18)19/h5-9,11H,4,10H2,1-3H3,(H,31,36);4-12H,13H2,1-3H3,(H,26,31). The van der Waals surface area contributed by atoms with Gasteiger partial charge in [-0.15, -0.1) is 11.3 Å². The second kappa shape index (κ2) is 18.7. The Morgan fingerprint density at radius 2 is 1.41 bits per heavy atom. The Balaban J connectivity index is 0.000000174. The Morgan fingerprint density at radius 1 is 0.768 bits per heavy atom. The number of para-hydroxylation sites is 2. The third-order valence-electron chi connectivity index (χ3n) is 11.0. The number of rotatable bonds is 11. The van der Waals surface area contributed by atoms with Gasteiger partial charge < -0.3 is 15.2 Å². The van der Waals surface area contributed by atoms with Crippen LogP contribution < -0.4 is 10.6 Å². The molecule has 8 aromatic heterocycles. The molecule has 0 unspecified atom stereocenters. The average molecular weight is 955 g/mol. The van der Waals surface area contributed by atoms with Crippen molar-refractivity contribution in [2.45, 2.75) is 53.4 Å². The summed E-state index contributed by atoms with van der Waals surface area (Å²) in [5.41, 5.74) is 4.56. The second-order valence-electron chi connectivity index (χ2n) is 15.7. The van der Waals surface area contributed by atoms with E-state index >= 15 is 0 Å². The van der Waals surface area contributed by atoms with Crippen LogP contribution in [0.5, 0.6) is 0 Å². The van der Waals surface area contributed by atoms with Gasteiger partial charge in [-0.3, -0.25) is 23.6 Å². The third-order valence-corrected chi connectivity index (χ3v) is 11.8. The topological polar surface area (TPSA) is 220 Å². The molecule has 0 saturated heterocycles. The highest BCUT2D eigenvalue weighted by molar-refractivity contribution is 7.13. The van der Waals surface area contributed by atoms with Crippen molar-refractivity contribution in [3.05, 3.63) is 142 Å². The number of fused-ring (bicyclic) bond motifs is 2. The van der Waals surface area contributed by atoms with Gasteiger partial charge in [0.1, 0.15) is 29.3 Å². The summed E-state index contributed by atoms with van der Waals surface area (Å²) >= 11 is 1.49. The van der Waals surface area contributed by atoms with Gasteiger partial charge in [-0.2, -0.15) is 38.5 Å². The van der Waals surface area contributed by atoms with Gasteiger partial charge in [-0.1, -0.05) is 48.5 Å². The number of pyridine rings is 2. The molecule has 0 atom stereocenters. The van der Waals surface area contributed by atoms with Gasteiger partial charge in [0.15, 0.2) is 17.3 Å². The van der Waals surface area contributed by atoms with E-state index in [0.29, 0.717) is 58.2 Å². The zero-order valence-corrected chi connectivity index (χ0v) is 38.6. The van der Waals surface area contributed by atoms with Gasteiger partial charge in [-0.05, 0) is 51.1 Å². The van der Waals surface area contributed by atoms with E-state index in [1.807, 2.05) is 74.4 Å². The predicted molar refractivity (Wildman–Crippen MR) is 249 cm³/mol. The number of thiazole rings is 1. The van der Waals surface area contributed by atoms with E-state index < -0.39 is 23.5 Å². The summed E-state index contributed by atoms with van der Waals surface area (Å²) < 4.78 is 53.0. The Hall–Kier alpha value is -8.47. The van der Waals surface area contributed by atoms with Crippen LogP contribution in [0, 0.1) is 20.8 Å². The number of aromatic nitrogens is 14. The molecular weight excluding hydrogens is 914 g/mol.